The molecule has 1 aliphatic rings. The predicted octanol–water partition coefficient (Wildman–Crippen LogP) is 3.38. The summed E-state index contributed by atoms with van der Waals surface area (Å²) in [5.74, 6) is 0.606. The fourth-order valence-corrected chi connectivity index (χ4v) is 3.67. The Morgan fingerprint density at radius 1 is 1.34 bits per heavy atom. The first-order chi connectivity index (χ1) is 13.6. The Bertz CT molecular complexity index is 805. The predicted molar refractivity (Wildman–Crippen MR) is 131 cm³/mol. The van der Waals surface area contributed by atoms with Crippen LogP contribution in [0.15, 0.2) is 40.8 Å². The molecule has 3 N–H and O–H groups in total. The number of carbonyl (C=O) groups is 1. The fourth-order valence-electron chi connectivity index (χ4n) is 2.97. The van der Waals surface area contributed by atoms with Crippen LogP contribution in [-0.4, -0.2) is 47.9 Å². The Balaban J connectivity index is 0.00000300. The van der Waals surface area contributed by atoms with E-state index in [1.807, 2.05) is 49.7 Å². The van der Waals surface area contributed by atoms with Gasteiger partial charge in [-0.2, -0.15) is 0 Å². The van der Waals surface area contributed by atoms with Crippen LogP contribution in [0.3, 0.4) is 0 Å². The minimum Gasteiger partial charge on any atom is -0.370 e. The van der Waals surface area contributed by atoms with E-state index in [4.69, 9.17) is 5.73 Å². The molecule has 9 heteroatoms. The molecule has 0 radical (unpaired) electrons. The lowest BCUT2D eigenvalue weighted by atomic mass is 10.1. The van der Waals surface area contributed by atoms with Gasteiger partial charge in [0.15, 0.2) is 11.1 Å². The Kier molecular flexibility index (Phi) is 9.15. The number of hydrogen-bond acceptors (Lipinski definition) is 5. The average molecular weight is 528 g/mol. The summed E-state index contributed by atoms with van der Waals surface area (Å²) in [7, 11) is 0. The Morgan fingerprint density at radius 2 is 2.10 bits per heavy atom. The van der Waals surface area contributed by atoms with Gasteiger partial charge in [-0.1, -0.05) is 26.0 Å². The van der Waals surface area contributed by atoms with Gasteiger partial charge in [-0.25, -0.2) is 9.98 Å². The van der Waals surface area contributed by atoms with Gasteiger partial charge >= 0.3 is 0 Å². The number of rotatable bonds is 6. The van der Waals surface area contributed by atoms with Gasteiger partial charge < -0.3 is 20.9 Å². The van der Waals surface area contributed by atoms with E-state index < -0.39 is 0 Å². The summed E-state index contributed by atoms with van der Waals surface area (Å²) in [5.41, 5.74) is 8.03. The van der Waals surface area contributed by atoms with Crippen LogP contribution in [0.1, 0.15) is 25.8 Å². The molecule has 1 saturated heterocycles. The molecule has 1 fully saturated rings. The van der Waals surface area contributed by atoms with Gasteiger partial charge in [0.2, 0.25) is 5.91 Å². The third kappa shape index (κ3) is 6.56. The highest BCUT2D eigenvalue weighted by molar-refractivity contribution is 14.0. The third-order valence-corrected chi connectivity index (χ3v) is 5.80. The van der Waals surface area contributed by atoms with Crippen LogP contribution in [0, 0.1) is 5.92 Å². The Morgan fingerprint density at radius 3 is 2.76 bits per heavy atom. The highest BCUT2D eigenvalue weighted by Gasteiger charge is 2.19. The van der Waals surface area contributed by atoms with Crippen molar-refractivity contribution in [2.75, 3.05) is 36.4 Å². The zero-order chi connectivity index (χ0) is 19.9. The van der Waals surface area contributed by atoms with E-state index in [0.717, 1.165) is 49.0 Å². The van der Waals surface area contributed by atoms with Crippen LogP contribution < -0.4 is 16.0 Å². The molecule has 1 aromatic carbocycles. The van der Waals surface area contributed by atoms with Gasteiger partial charge in [-0.3, -0.25) is 4.79 Å². The van der Waals surface area contributed by atoms with E-state index in [1.54, 1.807) is 11.3 Å². The highest BCUT2D eigenvalue weighted by atomic mass is 127. The number of guanidine groups is 1. The zero-order valence-electron chi connectivity index (χ0n) is 16.9. The summed E-state index contributed by atoms with van der Waals surface area (Å²) in [6.07, 6.45) is 2.66. The van der Waals surface area contributed by atoms with E-state index in [2.05, 4.69) is 25.1 Å². The highest BCUT2D eigenvalue weighted by Crippen LogP contribution is 2.19. The van der Waals surface area contributed by atoms with Crippen molar-refractivity contribution in [1.82, 2.24) is 9.88 Å². The number of thiazole rings is 1. The lowest BCUT2D eigenvalue weighted by Gasteiger charge is -2.35. The summed E-state index contributed by atoms with van der Waals surface area (Å²) >= 11 is 1.66. The lowest BCUT2D eigenvalue weighted by Crippen LogP contribution is -2.51. The number of benzene rings is 1. The molecule has 3 rings (SSSR count). The number of nitrogens with zero attached hydrogens (tertiary/aromatic N) is 4. The molecule has 29 heavy (non-hydrogen) atoms. The molecule has 0 bridgehead atoms. The first kappa shape index (κ1) is 23.4. The number of amides is 1. The average Bonchev–Trinajstić information content (AvgIpc) is 3.26. The summed E-state index contributed by atoms with van der Waals surface area (Å²) in [6, 6.07) is 7.78. The van der Waals surface area contributed by atoms with Gasteiger partial charge in [0.05, 0.1) is 6.54 Å². The van der Waals surface area contributed by atoms with Gasteiger partial charge in [0.25, 0.3) is 0 Å². The molecule has 0 saturated carbocycles. The molecule has 1 atom stereocenters. The number of anilines is 2. The van der Waals surface area contributed by atoms with Crippen molar-refractivity contribution in [3.63, 3.8) is 0 Å². The first-order valence-electron chi connectivity index (χ1n) is 9.66. The molecular formula is C20H29IN6OS. The quantitative estimate of drug-likeness (QED) is 0.341. The van der Waals surface area contributed by atoms with Crippen LogP contribution >= 0.6 is 35.3 Å². The third-order valence-electron chi connectivity index (χ3n) is 4.97. The standard InChI is InChI=1S/C20H28N6OS.HI/c1-3-15(2)18(27)24-17-6-4-5-16(13-17)14-23-19(21)25-8-10-26(11-9-25)20-22-7-12-28-20;/h4-7,12-13,15H,3,8-11,14H2,1-2H3,(H2,21,23)(H,24,27);1H. The number of aliphatic imine (C=N–C) groups is 1. The zero-order valence-corrected chi connectivity index (χ0v) is 20.0. The van der Waals surface area contributed by atoms with Crippen LogP contribution in [-0.2, 0) is 11.3 Å². The Hall–Kier alpha value is -1.88. The first-order valence-corrected chi connectivity index (χ1v) is 10.5. The summed E-state index contributed by atoms with van der Waals surface area (Å²) in [4.78, 5) is 25.4. The largest absolute Gasteiger partial charge is 0.370 e. The van der Waals surface area contributed by atoms with Gasteiger partial charge in [-0.15, -0.1) is 35.3 Å². The Labute approximate surface area is 193 Å². The number of nitrogens with two attached hydrogens (primary N) is 1. The topological polar surface area (TPSA) is 86.8 Å². The molecule has 0 spiro atoms. The maximum Gasteiger partial charge on any atom is 0.227 e. The maximum absolute atomic E-state index is 12.1. The van der Waals surface area contributed by atoms with Gasteiger partial charge in [0, 0.05) is 49.4 Å². The van der Waals surface area contributed by atoms with Crippen LogP contribution in [0.4, 0.5) is 10.8 Å². The number of nitrogens with one attached hydrogen (secondary N) is 1. The molecule has 7 nitrogen and oxygen atoms in total. The molecular weight excluding hydrogens is 499 g/mol. The normalized spacial score (nSPS) is 15.6. The summed E-state index contributed by atoms with van der Waals surface area (Å²) < 4.78 is 0. The number of hydrogen-bond donors (Lipinski definition) is 2. The molecule has 1 amide bonds. The van der Waals surface area contributed by atoms with Gasteiger partial charge in [0.1, 0.15) is 0 Å². The van der Waals surface area contributed by atoms with Crippen molar-refractivity contribution < 1.29 is 4.79 Å². The van der Waals surface area contributed by atoms with Crippen LogP contribution in [0.2, 0.25) is 0 Å². The van der Waals surface area contributed by atoms with Crippen molar-refractivity contribution in [3.8, 4) is 0 Å². The van der Waals surface area contributed by atoms with E-state index in [9.17, 15) is 4.79 Å². The minimum atomic E-state index is 0. The smallest absolute Gasteiger partial charge is 0.227 e. The van der Waals surface area contributed by atoms with Gasteiger partial charge in [-0.05, 0) is 24.1 Å². The summed E-state index contributed by atoms with van der Waals surface area (Å²) in [6.45, 7) is 7.88. The SMILES string of the molecule is CCC(C)C(=O)Nc1cccc(CN=C(N)N2CCN(c3nccs3)CC2)c1.I. The molecule has 1 aromatic heterocycles. The molecule has 0 aliphatic carbocycles. The molecule has 1 unspecified atom stereocenters. The minimum absolute atomic E-state index is 0. The van der Waals surface area contributed by atoms with Crippen molar-refractivity contribution in [3.05, 3.63) is 41.4 Å². The van der Waals surface area contributed by atoms with Crippen molar-refractivity contribution in [1.29, 1.82) is 0 Å². The monoisotopic (exact) mass is 528 g/mol. The second-order valence-corrected chi connectivity index (χ2v) is 7.84. The van der Waals surface area contributed by atoms with E-state index in [1.165, 1.54) is 0 Å². The number of piperazine rings is 1. The van der Waals surface area contributed by atoms with Crippen LogP contribution in [0.5, 0.6) is 0 Å². The van der Waals surface area contributed by atoms with E-state index in [0.29, 0.717) is 12.5 Å². The van der Waals surface area contributed by atoms with Crippen LogP contribution in [0.25, 0.3) is 0 Å². The lowest BCUT2D eigenvalue weighted by molar-refractivity contribution is -0.119. The molecule has 1 aliphatic heterocycles. The van der Waals surface area contributed by atoms with Crippen molar-refractivity contribution in [2.45, 2.75) is 26.8 Å². The number of aromatic nitrogens is 1. The van der Waals surface area contributed by atoms with E-state index in [-0.39, 0.29) is 35.8 Å². The second kappa shape index (κ2) is 11.3. The van der Waals surface area contributed by atoms with E-state index >= 15 is 0 Å². The second-order valence-electron chi connectivity index (χ2n) is 6.96. The molecule has 2 aromatic rings. The summed E-state index contributed by atoms with van der Waals surface area (Å²) in [5, 5.41) is 6.02. The van der Waals surface area contributed by atoms with Crippen molar-refractivity contribution in [2.24, 2.45) is 16.6 Å². The molecule has 158 valence electrons. The number of halogens is 1. The maximum atomic E-state index is 12.1. The fraction of sp³-hybridized carbons (Fsp3) is 0.450. The molecule has 2 heterocycles. The van der Waals surface area contributed by atoms with Crippen molar-refractivity contribution >= 4 is 58.0 Å². The number of carbonyl (C=O) groups excluding carboxylic acids is 1.